The van der Waals surface area contributed by atoms with Crippen molar-refractivity contribution in [2.45, 2.75) is 10.3 Å². The third-order valence-corrected chi connectivity index (χ3v) is 3.09. The average Bonchev–Trinajstić information content (AvgIpc) is 2.61. The Hall–Kier alpha value is -1.42. The summed E-state index contributed by atoms with van der Waals surface area (Å²) in [6.45, 7) is 0. The van der Waals surface area contributed by atoms with Crippen LogP contribution in [-0.2, 0) is 9.84 Å². The van der Waals surface area contributed by atoms with Crippen LogP contribution in [0.25, 0.3) is 5.78 Å². The van der Waals surface area contributed by atoms with Crippen LogP contribution >= 0.6 is 11.8 Å². The molecule has 86 valence electrons. The van der Waals surface area contributed by atoms with Crippen LogP contribution in [-0.4, -0.2) is 45.5 Å². The van der Waals surface area contributed by atoms with Gasteiger partial charge < -0.3 is 5.73 Å². The maximum absolute atomic E-state index is 11.2. The van der Waals surface area contributed by atoms with Crippen LogP contribution in [0.1, 0.15) is 0 Å². The maximum atomic E-state index is 11.2. The van der Waals surface area contributed by atoms with E-state index in [1.54, 1.807) is 6.26 Å². The van der Waals surface area contributed by atoms with E-state index in [2.05, 4.69) is 20.1 Å². The topological polar surface area (TPSA) is 116 Å². The van der Waals surface area contributed by atoms with E-state index >= 15 is 0 Å². The fourth-order valence-electron chi connectivity index (χ4n) is 1.02. The van der Waals surface area contributed by atoms with Gasteiger partial charge in [0.1, 0.15) is 0 Å². The molecule has 8 nitrogen and oxygen atoms in total. The smallest absolute Gasteiger partial charge is 0.268 e. The van der Waals surface area contributed by atoms with Gasteiger partial charge in [0.15, 0.2) is 5.16 Å². The molecule has 10 heteroatoms. The summed E-state index contributed by atoms with van der Waals surface area (Å²) in [7, 11) is -3.47. The first kappa shape index (κ1) is 11.1. The number of nitrogen functional groups attached to an aromatic ring is 1. The molecule has 0 unspecified atom stereocenters. The molecule has 2 aromatic heterocycles. The Morgan fingerprint density at radius 3 is 2.56 bits per heavy atom. The van der Waals surface area contributed by atoms with Crippen molar-refractivity contribution in [1.82, 2.24) is 24.6 Å². The minimum atomic E-state index is -3.47. The Morgan fingerprint density at radius 2 is 2.00 bits per heavy atom. The molecule has 0 aliphatic rings. The lowest BCUT2D eigenvalue weighted by Crippen LogP contribution is -2.05. The highest BCUT2D eigenvalue weighted by atomic mass is 32.2. The maximum Gasteiger partial charge on any atom is 0.268 e. The largest absolute Gasteiger partial charge is 0.368 e. The van der Waals surface area contributed by atoms with Crippen molar-refractivity contribution >= 4 is 33.3 Å². The zero-order valence-electron chi connectivity index (χ0n) is 8.45. The summed E-state index contributed by atoms with van der Waals surface area (Å²) < 4.78 is 23.6. The van der Waals surface area contributed by atoms with E-state index in [4.69, 9.17) is 5.73 Å². The number of fused-ring (bicyclic) bond motifs is 1. The van der Waals surface area contributed by atoms with Gasteiger partial charge in [-0.2, -0.15) is 19.5 Å². The van der Waals surface area contributed by atoms with Crippen molar-refractivity contribution in [2.75, 3.05) is 18.2 Å². The van der Waals surface area contributed by atoms with Gasteiger partial charge in [0.25, 0.3) is 10.9 Å². The quantitative estimate of drug-likeness (QED) is 0.699. The van der Waals surface area contributed by atoms with Gasteiger partial charge in [-0.25, -0.2) is 8.42 Å². The Balaban J connectivity index is 2.76. The van der Waals surface area contributed by atoms with E-state index in [9.17, 15) is 8.42 Å². The number of nitrogens with zero attached hydrogens (tertiary/aromatic N) is 5. The van der Waals surface area contributed by atoms with Crippen LogP contribution in [0.4, 0.5) is 5.95 Å². The van der Waals surface area contributed by atoms with Crippen molar-refractivity contribution < 1.29 is 8.42 Å². The molecule has 2 aromatic rings. The molecule has 0 aliphatic carbocycles. The Labute approximate surface area is 95.2 Å². The normalized spacial score (nSPS) is 12.1. The van der Waals surface area contributed by atoms with Crippen LogP contribution in [0.5, 0.6) is 0 Å². The fourth-order valence-corrected chi connectivity index (χ4v) is 1.85. The third-order valence-electron chi connectivity index (χ3n) is 1.71. The molecule has 0 saturated heterocycles. The van der Waals surface area contributed by atoms with E-state index in [1.807, 2.05) is 0 Å². The second-order valence-electron chi connectivity index (χ2n) is 2.95. The second kappa shape index (κ2) is 3.56. The zero-order valence-corrected chi connectivity index (χ0v) is 10.1. The summed E-state index contributed by atoms with van der Waals surface area (Å²) in [6, 6.07) is 0. The number of rotatable bonds is 2. The monoisotopic (exact) mass is 260 g/mol. The van der Waals surface area contributed by atoms with Gasteiger partial charge >= 0.3 is 0 Å². The summed E-state index contributed by atoms with van der Waals surface area (Å²) in [4.78, 5) is 11.7. The van der Waals surface area contributed by atoms with Crippen molar-refractivity contribution in [3.63, 3.8) is 0 Å². The van der Waals surface area contributed by atoms with Crippen LogP contribution in [0.3, 0.4) is 0 Å². The van der Waals surface area contributed by atoms with Gasteiger partial charge in [0, 0.05) is 6.26 Å². The fraction of sp³-hybridized carbons (Fsp3) is 0.333. The van der Waals surface area contributed by atoms with Gasteiger partial charge in [0.2, 0.25) is 15.8 Å². The lowest BCUT2D eigenvalue weighted by molar-refractivity contribution is 0.593. The van der Waals surface area contributed by atoms with Crippen molar-refractivity contribution in [2.24, 2.45) is 0 Å². The Kier molecular flexibility index (Phi) is 2.46. The molecule has 0 radical (unpaired) electrons. The number of thioether (sulfide) groups is 1. The van der Waals surface area contributed by atoms with E-state index < -0.39 is 9.84 Å². The first-order chi connectivity index (χ1) is 7.41. The molecule has 2 rings (SSSR count). The molecule has 0 spiro atoms. The van der Waals surface area contributed by atoms with Crippen LogP contribution in [0, 0.1) is 0 Å². The number of sulfone groups is 1. The van der Waals surface area contributed by atoms with Crippen molar-refractivity contribution in [3.8, 4) is 0 Å². The standard InChI is InChI=1S/C6H8N6O2S2/c1-15-5-8-3(7)12-4(9-5)10-6(11-12)16(2,13)14/h1-2H3,(H2,7,8,9,10,11). The Morgan fingerprint density at radius 1 is 1.31 bits per heavy atom. The van der Waals surface area contributed by atoms with Gasteiger partial charge in [-0.15, -0.1) is 5.10 Å². The van der Waals surface area contributed by atoms with Gasteiger partial charge in [-0.3, -0.25) is 0 Å². The van der Waals surface area contributed by atoms with Crippen molar-refractivity contribution in [1.29, 1.82) is 0 Å². The van der Waals surface area contributed by atoms with Gasteiger partial charge in [0.05, 0.1) is 0 Å². The molecular formula is C6H8N6O2S2. The van der Waals surface area contributed by atoms with E-state index in [0.717, 1.165) is 10.8 Å². The molecule has 0 aromatic carbocycles. The molecule has 0 amide bonds. The number of hydrogen-bond donors (Lipinski definition) is 1. The number of aromatic nitrogens is 5. The minimum absolute atomic E-state index is 0.0525. The predicted octanol–water partition coefficient (Wildman–Crippen LogP) is -0.773. The molecule has 0 bridgehead atoms. The molecule has 0 aliphatic heterocycles. The number of nitrogens with two attached hydrogens (primary N) is 1. The SMILES string of the molecule is CSc1nc(N)n2nc(S(C)(=O)=O)nc2n1. The lowest BCUT2D eigenvalue weighted by atomic mass is 10.9. The molecule has 0 atom stereocenters. The van der Waals surface area contributed by atoms with Crippen LogP contribution < -0.4 is 5.73 Å². The highest BCUT2D eigenvalue weighted by Crippen LogP contribution is 2.13. The summed E-state index contributed by atoms with van der Waals surface area (Å²) in [5.74, 6) is 0.175. The van der Waals surface area contributed by atoms with Crippen molar-refractivity contribution in [3.05, 3.63) is 0 Å². The van der Waals surface area contributed by atoms with Gasteiger partial charge in [-0.05, 0) is 6.26 Å². The highest BCUT2D eigenvalue weighted by Gasteiger charge is 2.17. The van der Waals surface area contributed by atoms with E-state index in [1.165, 1.54) is 11.8 Å². The predicted molar refractivity (Wildman–Crippen MR) is 57.9 cm³/mol. The van der Waals surface area contributed by atoms with Crippen LogP contribution in [0.2, 0.25) is 0 Å². The summed E-state index contributed by atoms with van der Waals surface area (Å²) in [5.41, 5.74) is 5.59. The van der Waals surface area contributed by atoms with E-state index in [0.29, 0.717) is 5.16 Å². The highest BCUT2D eigenvalue weighted by molar-refractivity contribution is 7.98. The zero-order chi connectivity index (χ0) is 11.9. The molecule has 16 heavy (non-hydrogen) atoms. The molecule has 2 N–H and O–H groups in total. The first-order valence-electron chi connectivity index (χ1n) is 4.06. The van der Waals surface area contributed by atoms with Gasteiger partial charge in [-0.1, -0.05) is 11.8 Å². The average molecular weight is 260 g/mol. The number of anilines is 1. The second-order valence-corrected chi connectivity index (χ2v) is 5.63. The minimum Gasteiger partial charge on any atom is -0.368 e. The van der Waals surface area contributed by atoms with Crippen LogP contribution in [0.15, 0.2) is 10.3 Å². The van der Waals surface area contributed by atoms with E-state index in [-0.39, 0.29) is 16.9 Å². The summed E-state index contributed by atoms with van der Waals surface area (Å²) in [5, 5.41) is 3.82. The molecular weight excluding hydrogens is 252 g/mol. The number of hydrogen-bond acceptors (Lipinski definition) is 8. The molecule has 0 saturated carbocycles. The molecule has 2 heterocycles. The molecule has 0 fully saturated rings. The Bertz CT molecular complexity index is 648. The summed E-state index contributed by atoms with van der Waals surface area (Å²) >= 11 is 1.28. The summed E-state index contributed by atoms with van der Waals surface area (Å²) in [6.07, 6.45) is 2.79. The first-order valence-corrected chi connectivity index (χ1v) is 7.18. The third kappa shape index (κ3) is 1.80. The lowest BCUT2D eigenvalue weighted by Gasteiger charge is -1.97.